The smallest absolute Gasteiger partial charge is 0.337 e. The van der Waals surface area contributed by atoms with Gasteiger partial charge in [0.15, 0.2) is 0 Å². The van der Waals surface area contributed by atoms with Gasteiger partial charge in [-0.1, -0.05) is 24.3 Å². The third-order valence-electron chi connectivity index (χ3n) is 3.55. The zero-order valence-electron chi connectivity index (χ0n) is 13.9. The molecule has 2 aromatic carbocycles. The zero-order valence-corrected chi connectivity index (χ0v) is 13.9. The van der Waals surface area contributed by atoms with E-state index >= 15 is 0 Å². The molecule has 1 heterocycles. The monoisotopic (exact) mass is 334 g/mol. The highest BCUT2D eigenvalue weighted by atomic mass is 16.4. The molecular weight excluding hydrogens is 316 g/mol. The van der Waals surface area contributed by atoms with E-state index in [1.807, 2.05) is 38.1 Å². The lowest BCUT2D eigenvalue weighted by molar-refractivity contribution is 0.0698. The quantitative estimate of drug-likeness (QED) is 0.645. The second-order valence-electron chi connectivity index (χ2n) is 5.69. The van der Waals surface area contributed by atoms with Crippen LogP contribution in [0.2, 0.25) is 0 Å². The van der Waals surface area contributed by atoms with E-state index in [2.05, 4.69) is 20.6 Å². The van der Waals surface area contributed by atoms with Crippen molar-refractivity contribution in [3.63, 3.8) is 0 Å². The summed E-state index contributed by atoms with van der Waals surface area (Å²) >= 11 is 0. The van der Waals surface area contributed by atoms with Crippen molar-refractivity contribution < 1.29 is 9.90 Å². The van der Waals surface area contributed by atoms with Crippen LogP contribution in [0, 0.1) is 13.8 Å². The fourth-order valence-electron chi connectivity index (χ4n) is 2.46. The number of anilines is 4. The Morgan fingerprint density at radius 3 is 2.52 bits per heavy atom. The summed E-state index contributed by atoms with van der Waals surface area (Å²) < 4.78 is 0. The van der Waals surface area contributed by atoms with Gasteiger partial charge in [0.05, 0.1) is 11.3 Å². The van der Waals surface area contributed by atoms with Gasteiger partial charge < -0.3 is 15.7 Å². The number of para-hydroxylation sites is 1. The van der Waals surface area contributed by atoms with E-state index in [1.54, 1.807) is 30.3 Å². The average molecular weight is 334 g/mol. The number of carboxylic acid groups (broad SMARTS) is 1. The van der Waals surface area contributed by atoms with E-state index in [-0.39, 0.29) is 5.56 Å². The SMILES string of the molecule is Cc1cccc(Nc2nc(C)cc(Nc3ccccc3C(=O)O)n2)c1. The van der Waals surface area contributed by atoms with Gasteiger partial charge in [-0.2, -0.15) is 4.98 Å². The Morgan fingerprint density at radius 1 is 0.960 bits per heavy atom. The molecule has 0 saturated heterocycles. The van der Waals surface area contributed by atoms with Crippen LogP contribution in [0.3, 0.4) is 0 Å². The Labute approximate surface area is 145 Å². The Bertz CT molecular complexity index is 925. The first-order valence-electron chi connectivity index (χ1n) is 7.80. The van der Waals surface area contributed by atoms with Crippen molar-refractivity contribution >= 4 is 29.1 Å². The number of carboxylic acids is 1. The summed E-state index contributed by atoms with van der Waals surface area (Å²) in [4.78, 5) is 20.1. The van der Waals surface area contributed by atoms with Crippen LogP contribution in [0.1, 0.15) is 21.6 Å². The first kappa shape index (κ1) is 16.4. The summed E-state index contributed by atoms with van der Waals surface area (Å²) in [5.74, 6) is -0.0238. The minimum atomic E-state index is -0.994. The van der Waals surface area contributed by atoms with E-state index in [9.17, 15) is 9.90 Å². The Morgan fingerprint density at radius 2 is 1.76 bits per heavy atom. The van der Waals surface area contributed by atoms with Crippen LogP contribution >= 0.6 is 0 Å². The first-order valence-corrected chi connectivity index (χ1v) is 7.80. The minimum Gasteiger partial charge on any atom is -0.478 e. The van der Waals surface area contributed by atoms with E-state index in [1.165, 1.54) is 0 Å². The molecule has 0 aliphatic carbocycles. The van der Waals surface area contributed by atoms with Gasteiger partial charge in [-0.3, -0.25) is 0 Å². The molecule has 126 valence electrons. The van der Waals surface area contributed by atoms with Gasteiger partial charge in [0.25, 0.3) is 0 Å². The topological polar surface area (TPSA) is 87.1 Å². The second-order valence-corrected chi connectivity index (χ2v) is 5.69. The molecular formula is C19H18N4O2. The predicted molar refractivity (Wildman–Crippen MR) is 97.9 cm³/mol. The Kier molecular flexibility index (Phi) is 4.61. The molecule has 3 aromatic rings. The van der Waals surface area contributed by atoms with Crippen molar-refractivity contribution in [3.05, 3.63) is 71.4 Å². The number of rotatable bonds is 5. The van der Waals surface area contributed by atoms with Crippen molar-refractivity contribution in [2.45, 2.75) is 13.8 Å². The molecule has 0 bridgehead atoms. The zero-order chi connectivity index (χ0) is 17.8. The summed E-state index contributed by atoms with van der Waals surface area (Å²) in [5.41, 5.74) is 3.45. The number of nitrogens with zero attached hydrogens (tertiary/aromatic N) is 2. The van der Waals surface area contributed by atoms with Gasteiger partial charge in [0.1, 0.15) is 5.82 Å². The van der Waals surface area contributed by atoms with Gasteiger partial charge in [0.2, 0.25) is 5.95 Å². The first-order chi connectivity index (χ1) is 12.0. The summed E-state index contributed by atoms with van der Waals surface area (Å²) in [6.45, 7) is 3.87. The Balaban J connectivity index is 1.88. The van der Waals surface area contributed by atoms with Crippen molar-refractivity contribution in [1.82, 2.24) is 9.97 Å². The maximum atomic E-state index is 11.3. The highest BCUT2D eigenvalue weighted by Gasteiger charge is 2.10. The van der Waals surface area contributed by atoms with Gasteiger partial charge in [-0.25, -0.2) is 9.78 Å². The number of hydrogen-bond acceptors (Lipinski definition) is 5. The molecule has 0 aliphatic heterocycles. The molecule has 3 rings (SSSR count). The number of nitrogens with one attached hydrogen (secondary N) is 2. The van der Waals surface area contributed by atoms with Gasteiger partial charge in [-0.15, -0.1) is 0 Å². The molecule has 1 aromatic heterocycles. The molecule has 0 spiro atoms. The third kappa shape index (κ3) is 4.11. The maximum absolute atomic E-state index is 11.3. The average Bonchev–Trinajstić information content (AvgIpc) is 2.54. The normalized spacial score (nSPS) is 10.3. The van der Waals surface area contributed by atoms with Gasteiger partial charge in [0, 0.05) is 17.4 Å². The van der Waals surface area contributed by atoms with Crippen LogP contribution in [0.5, 0.6) is 0 Å². The van der Waals surface area contributed by atoms with Crippen molar-refractivity contribution in [3.8, 4) is 0 Å². The predicted octanol–water partition coefficient (Wildman–Crippen LogP) is 4.28. The van der Waals surface area contributed by atoms with Crippen LogP contribution in [0.4, 0.5) is 23.1 Å². The van der Waals surface area contributed by atoms with Crippen molar-refractivity contribution in [2.75, 3.05) is 10.6 Å². The minimum absolute atomic E-state index is 0.187. The molecule has 3 N–H and O–H groups in total. The molecule has 0 amide bonds. The molecule has 25 heavy (non-hydrogen) atoms. The number of carbonyl (C=O) groups is 1. The molecule has 0 radical (unpaired) electrons. The molecule has 0 unspecified atom stereocenters. The van der Waals surface area contributed by atoms with Crippen molar-refractivity contribution in [1.29, 1.82) is 0 Å². The summed E-state index contributed by atoms with van der Waals surface area (Å²) in [7, 11) is 0. The van der Waals surface area contributed by atoms with E-state index in [0.29, 0.717) is 17.5 Å². The second kappa shape index (κ2) is 7.00. The number of benzene rings is 2. The number of aryl methyl sites for hydroxylation is 2. The lowest BCUT2D eigenvalue weighted by atomic mass is 10.2. The summed E-state index contributed by atoms with van der Waals surface area (Å²) in [6, 6.07) is 16.4. The van der Waals surface area contributed by atoms with E-state index < -0.39 is 5.97 Å². The van der Waals surface area contributed by atoms with E-state index in [4.69, 9.17) is 0 Å². The fourth-order valence-corrected chi connectivity index (χ4v) is 2.46. The van der Waals surface area contributed by atoms with Gasteiger partial charge in [-0.05, 0) is 43.7 Å². The summed E-state index contributed by atoms with van der Waals surface area (Å²) in [5, 5.41) is 15.5. The maximum Gasteiger partial charge on any atom is 0.337 e. The fraction of sp³-hybridized carbons (Fsp3) is 0.105. The molecule has 6 heteroatoms. The van der Waals surface area contributed by atoms with Crippen LogP contribution in [0.25, 0.3) is 0 Å². The lowest BCUT2D eigenvalue weighted by Crippen LogP contribution is -2.05. The standard InChI is InChI=1S/C19H18N4O2/c1-12-6-5-7-14(10-12)21-19-20-13(2)11-17(23-19)22-16-9-4-3-8-15(16)18(24)25/h3-11H,1-2H3,(H,24,25)(H2,20,21,22,23). The largest absolute Gasteiger partial charge is 0.478 e. The van der Waals surface area contributed by atoms with Crippen LogP contribution in [0.15, 0.2) is 54.6 Å². The van der Waals surface area contributed by atoms with Crippen molar-refractivity contribution in [2.24, 2.45) is 0 Å². The molecule has 0 fully saturated rings. The van der Waals surface area contributed by atoms with Gasteiger partial charge >= 0.3 is 5.97 Å². The molecule has 0 atom stereocenters. The summed E-state index contributed by atoms with van der Waals surface area (Å²) in [6.07, 6.45) is 0. The lowest BCUT2D eigenvalue weighted by Gasteiger charge is -2.12. The van der Waals surface area contributed by atoms with Crippen LogP contribution in [-0.4, -0.2) is 21.0 Å². The van der Waals surface area contributed by atoms with Crippen LogP contribution < -0.4 is 10.6 Å². The highest BCUT2D eigenvalue weighted by Crippen LogP contribution is 2.22. The number of aromatic nitrogens is 2. The van der Waals surface area contributed by atoms with Crippen LogP contribution in [-0.2, 0) is 0 Å². The Hall–Kier alpha value is -3.41. The highest BCUT2D eigenvalue weighted by molar-refractivity contribution is 5.95. The third-order valence-corrected chi connectivity index (χ3v) is 3.55. The number of hydrogen-bond donors (Lipinski definition) is 3. The molecule has 6 nitrogen and oxygen atoms in total. The number of aromatic carboxylic acids is 1. The molecule has 0 saturated carbocycles. The molecule has 0 aliphatic rings. The van der Waals surface area contributed by atoms with E-state index in [0.717, 1.165) is 16.9 Å².